The normalized spacial score (nSPS) is 10.1. The van der Waals surface area contributed by atoms with E-state index >= 15 is 0 Å². The number of nitrogens with zero attached hydrogens (tertiary/aromatic N) is 1. The lowest BCUT2D eigenvalue weighted by Gasteiger charge is -2.27. The number of quaternary nitrogens is 1. The van der Waals surface area contributed by atoms with E-state index < -0.39 is 5.97 Å². The average molecular weight is 339 g/mol. The van der Waals surface area contributed by atoms with Crippen LogP contribution in [0.2, 0.25) is 0 Å². The average Bonchev–Trinajstić information content (AvgIpc) is 2.15. The van der Waals surface area contributed by atoms with Crippen LogP contribution in [-0.4, -0.2) is 36.9 Å². The predicted octanol–water partition coefficient (Wildman–Crippen LogP) is 2.30. The molecule has 0 heterocycles. The summed E-state index contributed by atoms with van der Waals surface area (Å²) in [5.41, 5.74) is 0.182. The molecular formula is C10H14INO4. The van der Waals surface area contributed by atoms with Crippen molar-refractivity contribution in [2.24, 2.45) is 0 Å². The van der Waals surface area contributed by atoms with Gasteiger partial charge in [-0.3, -0.25) is 0 Å². The highest BCUT2D eigenvalue weighted by Gasteiger charge is 2.08. The number of para-hydroxylation sites is 1. The zero-order valence-corrected chi connectivity index (χ0v) is 11.5. The molecule has 90 valence electrons. The van der Waals surface area contributed by atoms with E-state index in [0.717, 1.165) is 0 Å². The minimum atomic E-state index is -0.975. The molecule has 0 radical (unpaired) electrons. The Morgan fingerprint density at radius 3 is 2.12 bits per heavy atom. The second-order valence-corrected chi connectivity index (χ2v) is 4.21. The van der Waals surface area contributed by atoms with Crippen LogP contribution in [0.25, 0.3) is 0 Å². The topological polar surface area (TPSA) is 69.6 Å². The van der Waals surface area contributed by atoms with Gasteiger partial charge in [0.1, 0.15) is 11.3 Å². The van der Waals surface area contributed by atoms with Crippen LogP contribution in [0.3, 0.4) is 0 Å². The summed E-state index contributed by atoms with van der Waals surface area (Å²) >= 11 is 1.65. The van der Waals surface area contributed by atoms with E-state index in [1.165, 1.54) is 6.07 Å². The molecule has 0 spiro atoms. The molecule has 0 atom stereocenters. The van der Waals surface area contributed by atoms with Gasteiger partial charge in [0, 0.05) is 0 Å². The number of benzene rings is 1. The van der Waals surface area contributed by atoms with Crippen molar-refractivity contribution in [3.63, 3.8) is 0 Å². The summed E-state index contributed by atoms with van der Waals surface area (Å²) < 4.78 is 4.55. The standard InChI is InChI=1S/C7H5IO3.C3H9NO/c8-11-6-4-2-1-3-5(6)7(9)10;1-4(2,3)5/h1-4H,(H,9,10);1-3H3. The van der Waals surface area contributed by atoms with Crippen LogP contribution in [0.15, 0.2) is 24.3 Å². The summed E-state index contributed by atoms with van der Waals surface area (Å²) in [5.74, 6) is -0.599. The lowest BCUT2D eigenvalue weighted by Crippen LogP contribution is -2.25. The first-order valence-corrected chi connectivity index (χ1v) is 5.27. The van der Waals surface area contributed by atoms with Crippen molar-refractivity contribution in [1.82, 2.24) is 0 Å². The van der Waals surface area contributed by atoms with Gasteiger partial charge in [-0.25, -0.2) is 4.79 Å². The largest absolute Gasteiger partial charge is 0.633 e. The summed E-state index contributed by atoms with van der Waals surface area (Å²) in [6.07, 6.45) is 0. The second kappa shape index (κ2) is 6.66. The van der Waals surface area contributed by atoms with E-state index in [-0.39, 0.29) is 10.2 Å². The first-order valence-electron chi connectivity index (χ1n) is 4.39. The molecule has 0 aromatic heterocycles. The Balaban J connectivity index is 0.000000385. The lowest BCUT2D eigenvalue weighted by molar-refractivity contribution is -0.818. The van der Waals surface area contributed by atoms with Crippen molar-refractivity contribution in [2.75, 3.05) is 21.1 Å². The van der Waals surface area contributed by atoms with Crippen LogP contribution >= 0.6 is 23.0 Å². The Kier molecular flexibility index (Phi) is 6.31. The Labute approximate surface area is 108 Å². The number of carbonyl (C=O) groups is 1. The molecule has 1 aromatic rings. The SMILES string of the molecule is C[N+](C)(C)[O-].O=C(O)c1ccccc1OI. The fourth-order valence-electron chi connectivity index (χ4n) is 0.711. The summed E-state index contributed by atoms with van der Waals surface area (Å²) in [7, 11) is 4.71. The quantitative estimate of drug-likeness (QED) is 0.510. The van der Waals surface area contributed by atoms with E-state index in [4.69, 9.17) is 8.17 Å². The maximum absolute atomic E-state index is 10.5. The number of carboxylic acid groups (broad SMARTS) is 1. The van der Waals surface area contributed by atoms with Gasteiger partial charge in [0.2, 0.25) is 0 Å². The molecule has 0 aliphatic carbocycles. The molecule has 1 aromatic carbocycles. The van der Waals surface area contributed by atoms with Gasteiger partial charge in [0.15, 0.2) is 23.0 Å². The van der Waals surface area contributed by atoms with Gasteiger partial charge in [0.25, 0.3) is 0 Å². The molecule has 0 bridgehead atoms. The fourth-order valence-corrected chi connectivity index (χ4v) is 1.09. The van der Waals surface area contributed by atoms with Gasteiger partial charge in [-0.05, 0) is 12.1 Å². The number of halogens is 1. The van der Waals surface area contributed by atoms with Crippen LogP contribution in [0, 0.1) is 5.21 Å². The summed E-state index contributed by atoms with van der Waals surface area (Å²) in [4.78, 5) is 10.5. The lowest BCUT2D eigenvalue weighted by atomic mass is 10.2. The minimum absolute atomic E-state index is 0.182. The van der Waals surface area contributed by atoms with Crippen molar-refractivity contribution in [1.29, 1.82) is 0 Å². The molecule has 5 nitrogen and oxygen atoms in total. The third-order valence-corrected chi connectivity index (χ3v) is 1.68. The van der Waals surface area contributed by atoms with E-state index in [2.05, 4.69) is 0 Å². The van der Waals surface area contributed by atoms with E-state index in [9.17, 15) is 10.0 Å². The number of aromatic carboxylic acids is 1. The second-order valence-electron chi connectivity index (χ2n) is 3.77. The smallest absolute Gasteiger partial charge is 0.339 e. The molecule has 1 N–H and O–H groups in total. The van der Waals surface area contributed by atoms with Gasteiger partial charge in [-0.1, -0.05) is 12.1 Å². The number of hydroxylamine groups is 3. The number of hydrogen-bond acceptors (Lipinski definition) is 3. The Bertz CT molecular complexity index is 343. The number of rotatable bonds is 2. The molecule has 16 heavy (non-hydrogen) atoms. The zero-order chi connectivity index (χ0) is 12.8. The zero-order valence-electron chi connectivity index (χ0n) is 9.31. The van der Waals surface area contributed by atoms with Crippen molar-refractivity contribution in [3.8, 4) is 5.75 Å². The van der Waals surface area contributed by atoms with Gasteiger partial charge >= 0.3 is 5.97 Å². The number of carboxylic acids is 1. The van der Waals surface area contributed by atoms with Gasteiger partial charge in [-0.15, -0.1) is 0 Å². The molecule has 0 saturated carbocycles. The van der Waals surface area contributed by atoms with Crippen LogP contribution in [0.5, 0.6) is 5.75 Å². The molecule has 0 saturated heterocycles. The van der Waals surface area contributed by atoms with Gasteiger partial charge in [0.05, 0.1) is 21.1 Å². The number of hydrogen-bond donors (Lipinski definition) is 1. The summed E-state index contributed by atoms with van der Waals surface area (Å²) in [6, 6.07) is 6.48. The monoisotopic (exact) mass is 339 g/mol. The molecule has 6 heteroatoms. The molecule has 0 aliphatic rings. The molecule has 0 fully saturated rings. The molecule has 0 aliphatic heterocycles. The van der Waals surface area contributed by atoms with Crippen molar-refractivity contribution in [3.05, 3.63) is 35.0 Å². The summed E-state index contributed by atoms with van der Waals surface area (Å²) in [5, 5.41) is 18.7. The van der Waals surface area contributed by atoms with Gasteiger partial charge < -0.3 is 18.0 Å². The first kappa shape index (κ1) is 15.1. The van der Waals surface area contributed by atoms with Crippen LogP contribution in [-0.2, 0) is 0 Å². The van der Waals surface area contributed by atoms with Crippen molar-refractivity contribution < 1.29 is 17.6 Å². The highest BCUT2D eigenvalue weighted by atomic mass is 127. The van der Waals surface area contributed by atoms with Gasteiger partial charge in [-0.2, -0.15) is 0 Å². The highest BCUT2D eigenvalue weighted by Crippen LogP contribution is 2.19. The molecule has 1 rings (SSSR count). The molecule has 0 amide bonds. The highest BCUT2D eigenvalue weighted by molar-refractivity contribution is 14.1. The molecular weight excluding hydrogens is 325 g/mol. The fraction of sp³-hybridized carbons (Fsp3) is 0.300. The van der Waals surface area contributed by atoms with E-state index in [1.807, 2.05) is 0 Å². The maximum atomic E-state index is 10.5. The third kappa shape index (κ3) is 7.43. The van der Waals surface area contributed by atoms with Crippen molar-refractivity contribution in [2.45, 2.75) is 0 Å². The van der Waals surface area contributed by atoms with Crippen molar-refractivity contribution >= 4 is 29.0 Å². The first-order chi connectivity index (χ1) is 7.25. The van der Waals surface area contributed by atoms with E-state index in [1.54, 1.807) is 62.3 Å². The van der Waals surface area contributed by atoms with E-state index in [0.29, 0.717) is 5.75 Å². The Morgan fingerprint density at radius 2 is 1.81 bits per heavy atom. The van der Waals surface area contributed by atoms with Crippen LogP contribution in [0.4, 0.5) is 0 Å². The maximum Gasteiger partial charge on any atom is 0.339 e. The van der Waals surface area contributed by atoms with Crippen LogP contribution in [0.1, 0.15) is 10.4 Å². The third-order valence-electron chi connectivity index (χ3n) is 1.20. The Morgan fingerprint density at radius 1 is 1.38 bits per heavy atom. The Hall–Kier alpha value is -0.860. The molecule has 0 unspecified atom stereocenters. The predicted molar refractivity (Wildman–Crippen MR) is 69.4 cm³/mol. The minimum Gasteiger partial charge on any atom is -0.633 e. The summed E-state index contributed by atoms with van der Waals surface area (Å²) in [6.45, 7) is 0. The van der Waals surface area contributed by atoms with Crippen LogP contribution < -0.4 is 3.07 Å².